The molecule has 0 bridgehead atoms. The SMILES string of the molecule is CC1C/C(=N\OCC(F)F)CN1C. The van der Waals surface area contributed by atoms with Crippen LogP contribution in [-0.2, 0) is 4.84 Å². The number of hydrogen-bond donors (Lipinski definition) is 0. The lowest BCUT2D eigenvalue weighted by Gasteiger charge is -2.11. The Hall–Kier alpha value is -0.710. The molecule has 13 heavy (non-hydrogen) atoms. The van der Waals surface area contributed by atoms with E-state index in [1.165, 1.54) is 0 Å². The van der Waals surface area contributed by atoms with Gasteiger partial charge >= 0.3 is 0 Å². The van der Waals surface area contributed by atoms with E-state index >= 15 is 0 Å². The molecule has 0 amide bonds. The molecule has 1 fully saturated rings. The smallest absolute Gasteiger partial charge is 0.274 e. The summed E-state index contributed by atoms with van der Waals surface area (Å²) < 4.78 is 23.3. The molecular weight excluding hydrogens is 178 g/mol. The third-order valence-electron chi connectivity index (χ3n) is 2.11. The topological polar surface area (TPSA) is 24.8 Å². The Balaban J connectivity index is 2.29. The predicted molar refractivity (Wildman–Crippen MR) is 46.1 cm³/mol. The molecule has 0 aliphatic carbocycles. The molecule has 3 nitrogen and oxygen atoms in total. The molecule has 1 aliphatic heterocycles. The number of halogens is 2. The zero-order chi connectivity index (χ0) is 9.84. The maximum absolute atomic E-state index is 11.7. The van der Waals surface area contributed by atoms with E-state index < -0.39 is 13.0 Å². The van der Waals surface area contributed by atoms with Gasteiger partial charge in [0.25, 0.3) is 6.43 Å². The summed E-state index contributed by atoms with van der Waals surface area (Å²) in [7, 11) is 1.97. The van der Waals surface area contributed by atoms with Gasteiger partial charge in [-0.15, -0.1) is 0 Å². The van der Waals surface area contributed by atoms with E-state index in [1.807, 2.05) is 7.05 Å². The zero-order valence-corrected chi connectivity index (χ0v) is 7.83. The van der Waals surface area contributed by atoms with Crippen LogP contribution in [-0.4, -0.2) is 43.3 Å². The lowest BCUT2D eigenvalue weighted by Crippen LogP contribution is -2.21. The fourth-order valence-electron chi connectivity index (χ4n) is 1.26. The highest BCUT2D eigenvalue weighted by Gasteiger charge is 2.22. The van der Waals surface area contributed by atoms with Crippen molar-refractivity contribution in [3.8, 4) is 0 Å². The second-order valence-corrected chi connectivity index (χ2v) is 3.31. The summed E-state index contributed by atoms with van der Waals surface area (Å²) in [6.07, 6.45) is -1.64. The minimum atomic E-state index is -2.44. The fourth-order valence-corrected chi connectivity index (χ4v) is 1.26. The molecule has 0 radical (unpaired) electrons. The van der Waals surface area contributed by atoms with E-state index in [2.05, 4.69) is 21.8 Å². The van der Waals surface area contributed by atoms with E-state index in [1.54, 1.807) is 0 Å². The van der Waals surface area contributed by atoms with Gasteiger partial charge in [-0.2, -0.15) is 0 Å². The molecule has 1 aliphatic rings. The standard InChI is InChI=1S/C8H14F2N2O/c1-6-3-7(4-12(6)2)11-13-5-8(9)10/h6,8H,3-5H2,1-2H3/b11-7+. The van der Waals surface area contributed by atoms with Gasteiger partial charge in [-0.05, 0) is 14.0 Å². The highest BCUT2D eigenvalue weighted by Crippen LogP contribution is 2.12. The highest BCUT2D eigenvalue weighted by molar-refractivity contribution is 5.88. The molecule has 1 unspecified atom stereocenters. The number of hydrogen-bond acceptors (Lipinski definition) is 3. The van der Waals surface area contributed by atoms with E-state index in [0.29, 0.717) is 12.6 Å². The molecule has 1 saturated heterocycles. The van der Waals surface area contributed by atoms with Gasteiger partial charge in [-0.25, -0.2) is 8.78 Å². The predicted octanol–water partition coefficient (Wildman–Crippen LogP) is 1.35. The average Bonchev–Trinajstić information content (AvgIpc) is 2.30. The zero-order valence-electron chi connectivity index (χ0n) is 7.83. The van der Waals surface area contributed by atoms with Crippen LogP contribution in [0.3, 0.4) is 0 Å². The second kappa shape index (κ2) is 4.50. The van der Waals surface area contributed by atoms with E-state index in [-0.39, 0.29) is 0 Å². The van der Waals surface area contributed by atoms with Crippen LogP contribution in [0.5, 0.6) is 0 Å². The van der Waals surface area contributed by atoms with Gasteiger partial charge in [0.2, 0.25) is 0 Å². The molecule has 1 rings (SSSR count). The maximum atomic E-state index is 11.7. The third kappa shape index (κ3) is 3.26. The number of likely N-dealkylation sites (tertiary alicyclic amines) is 1. The van der Waals surface area contributed by atoms with Crippen molar-refractivity contribution in [2.45, 2.75) is 25.8 Å². The van der Waals surface area contributed by atoms with Crippen molar-refractivity contribution in [1.29, 1.82) is 0 Å². The molecule has 0 aromatic carbocycles. The number of alkyl halides is 2. The van der Waals surface area contributed by atoms with Crippen molar-refractivity contribution in [2.75, 3.05) is 20.2 Å². The van der Waals surface area contributed by atoms with Crippen LogP contribution in [0.4, 0.5) is 8.78 Å². The van der Waals surface area contributed by atoms with Gasteiger partial charge < -0.3 is 4.84 Å². The van der Waals surface area contributed by atoms with Gasteiger partial charge in [0.15, 0.2) is 6.61 Å². The highest BCUT2D eigenvalue weighted by atomic mass is 19.3. The lowest BCUT2D eigenvalue weighted by molar-refractivity contribution is 0.0200. The van der Waals surface area contributed by atoms with Gasteiger partial charge in [0.1, 0.15) is 0 Å². The monoisotopic (exact) mass is 192 g/mol. The molecule has 0 aromatic heterocycles. The van der Waals surface area contributed by atoms with Crippen molar-refractivity contribution >= 4 is 5.71 Å². The molecule has 1 heterocycles. The normalized spacial score (nSPS) is 27.5. The van der Waals surface area contributed by atoms with Gasteiger partial charge in [0.05, 0.1) is 5.71 Å². The maximum Gasteiger partial charge on any atom is 0.274 e. The van der Waals surface area contributed by atoms with Crippen LogP contribution < -0.4 is 0 Å². The van der Waals surface area contributed by atoms with E-state index in [9.17, 15) is 8.78 Å². The first-order chi connectivity index (χ1) is 6.09. The Morgan fingerprint density at radius 3 is 2.85 bits per heavy atom. The van der Waals surface area contributed by atoms with Gasteiger partial charge in [-0.1, -0.05) is 5.16 Å². The average molecular weight is 192 g/mol. The van der Waals surface area contributed by atoms with Crippen LogP contribution in [0, 0.1) is 0 Å². The third-order valence-corrected chi connectivity index (χ3v) is 2.11. The molecule has 76 valence electrons. The number of nitrogens with zero attached hydrogens (tertiary/aromatic N) is 2. The van der Waals surface area contributed by atoms with Crippen LogP contribution in [0.25, 0.3) is 0 Å². The summed E-state index contributed by atoms with van der Waals surface area (Å²) in [4.78, 5) is 6.59. The molecule has 0 spiro atoms. The number of rotatable bonds is 3. The minimum Gasteiger partial charge on any atom is -0.390 e. The molecule has 0 aromatic rings. The van der Waals surface area contributed by atoms with Crippen molar-refractivity contribution in [3.63, 3.8) is 0 Å². The minimum absolute atomic E-state index is 0.425. The number of oxime groups is 1. The summed E-state index contributed by atoms with van der Waals surface area (Å²) in [5, 5.41) is 3.66. The van der Waals surface area contributed by atoms with Gasteiger partial charge in [0, 0.05) is 19.0 Å². The van der Waals surface area contributed by atoms with Crippen molar-refractivity contribution in [2.24, 2.45) is 5.16 Å². The Bertz CT molecular complexity index is 185. The molecular formula is C8H14F2N2O. The molecule has 0 N–H and O–H groups in total. The fraction of sp³-hybridized carbons (Fsp3) is 0.875. The van der Waals surface area contributed by atoms with Crippen LogP contribution >= 0.6 is 0 Å². The first-order valence-electron chi connectivity index (χ1n) is 4.25. The van der Waals surface area contributed by atoms with Crippen molar-refractivity contribution < 1.29 is 13.6 Å². The van der Waals surface area contributed by atoms with Crippen LogP contribution in [0.1, 0.15) is 13.3 Å². The summed E-state index contributed by atoms with van der Waals surface area (Å²) in [5.41, 5.74) is 0.843. The van der Waals surface area contributed by atoms with Gasteiger partial charge in [-0.3, -0.25) is 4.90 Å². The quantitative estimate of drug-likeness (QED) is 0.630. The van der Waals surface area contributed by atoms with Crippen LogP contribution in [0.15, 0.2) is 5.16 Å². The summed E-state index contributed by atoms with van der Waals surface area (Å²) in [5.74, 6) is 0. The Kier molecular flexibility index (Phi) is 3.59. The Labute approximate surface area is 76.3 Å². The second-order valence-electron chi connectivity index (χ2n) is 3.31. The molecule has 5 heteroatoms. The first kappa shape index (κ1) is 10.4. The summed E-state index contributed by atoms with van der Waals surface area (Å²) >= 11 is 0. The summed E-state index contributed by atoms with van der Waals surface area (Å²) in [6.45, 7) is 2.17. The Morgan fingerprint density at radius 1 is 1.69 bits per heavy atom. The van der Waals surface area contributed by atoms with Crippen LogP contribution in [0.2, 0.25) is 0 Å². The van der Waals surface area contributed by atoms with Crippen molar-refractivity contribution in [1.82, 2.24) is 4.90 Å². The van der Waals surface area contributed by atoms with E-state index in [4.69, 9.17) is 0 Å². The largest absolute Gasteiger partial charge is 0.390 e. The molecule has 1 atom stereocenters. The Morgan fingerprint density at radius 2 is 2.38 bits per heavy atom. The van der Waals surface area contributed by atoms with E-state index in [0.717, 1.165) is 12.1 Å². The lowest BCUT2D eigenvalue weighted by atomic mass is 10.2. The molecule has 0 saturated carbocycles. The summed E-state index contributed by atoms with van der Waals surface area (Å²) in [6, 6.07) is 0.425. The first-order valence-corrected chi connectivity index (χ1v) is 4.25. The van der Waals surface area contributed by atoms with Crippen molar-refractivity contribution in [3.05, 3.63) is 0 Å².